The highest BCUT2D eigenvalue weighted by molar-refractivity contribution is 5.92. The summed E-state index contributed by atoms with van der Waals surface area (Å²) in [6.45, 7) is 17.2. The van der Waals surface area contributed by atoms with Crippen LogP contribution in [0.15, 0.2) is 72.0 Å². The summed E-state index contributed by atoms with van der Waals surface area (Å²) in [5, 5.41) is 30.6. The van der Waals surface area contributed by atoms with Crippen molar-refractivity contribution in [2.45, 2.75) is 137 Å². The molecular formula is C55H74O10. The maximum Gasteiger partial charge on any atom is 0.322 e. The minimum atomic E-state index is -1.09. The lowest BCUT2D eigenvalue weighted by Crippen LogP contribution is -2.58. The van der Waals surface area contributed by atoms with Gasteiger partial charge < -0.3 is 39.0 Å². The van der Waals surface area contributed by atoms with E-state index in [2.05, 4.69) is 54.5 Å². The summed E-state index contributed by atoms with van der Waals surface area (Å²) in [6.07, 6.45) is 19.7. The minimum absolute atomic E-state index is 0.00990. The molecule has 4 saturated carbocycles. The Labute approximate surface area is 387 Å². The molecule has 2 aromatic rings. The molecule has 0 aromatic heterocycles. The number of esters is 2. The van der Waals surface area contributed by atoms with Crippen molar-refractivity contribution in [1.82, 2.24) is 0 Å². The number of phenols is 1. The lowest BCUT2D eigenvalue weighted by Gasteiger charge is -2.64. The second kappa shape index (κ2) is 18.6. The van der Waals surface area contributed by atoms with Gasteiger partial charge in [0.05, 0.1) is 26.4 Å². The van der Waals surface area contributed by atoms with Crippen LogP contribution in [0.3, 0.4) is 0 Å². The van der Waals surface area contributed by atoms with Crippen LogP contribution < -0.4 is 14.2 Å². The number of hydrogen-bond acceptors (Lipinski definition) is 10. The summed E-state index contributed by atoms with van der Waals surface area (Å²) in [5.74, 6) is 1.43. The average Bonchev–Trinajstić information content (AvgIpc) is 3.41. The molecule has 5 aliphatic carbocycles. The van der Waals surface area contributed by atoms with Crippen molar-refractivity contribution >= 4 is 24.1 Å². The van der Waals surface area contributed by atoms with Crippen LogP contribution in [-0.2, 0) is 19.1 Å². The molecule has 5 aliphatic rings. The number of aliphatic hydroxyl groups excluding tert-OH is 2. The Morgan fingerprint density at radius 1 is 0.738 bits per heavy atom. The number of ether oxygens (including phenoxy) is 5. The van der Waals surface area contributed by atoms with Crippen molar-refractivity contribution in [2.75, 3.05) is 21.3 Å². The van der Waals surface area contributed by atoms with Gasteiger partial charge in [0.25, 0.3) is 0 Å². The van der Waals surface area contributed by atoms with E-state index in [9.17, 15) is 24.9 Å². The number of allylic oxidation sites excluding steroid dienone is 3. The maximum absolute atomic E-state index is 13.5. The van der Waals surface area contributed by atoms with Gasteiger partial charge in [-0.15, -0.1) is 0 Å². The van der Waals surface area contributed by atoms with E-state index in [1.54, 1.807) is 48.1 Å². The van der Waals surface area contributed by atoms with E-state index < -0.39 is 24.5 Å². The zero-order valence-corrected chi connectivity index (χ0v) is 40.4. The molecule has 3 N–H and O–H groups in total. The smallest absolute Gasteiger partial charge is 0.322 e. The Hall–Kier alpha value is -4.54. The number of fused-ring (bicyclic) bond motifs is 6. The highest BCUT2D eigenvalue weighted by Gasteiger charge is 2.63. The number of benzene rings is 2. The molecule has 0 heterocycles. The zero-order valence-electron chi connectivity index (χ0n) is 40.4. The van der Waals surface area contributed by atoms with Crippen LogP contribution in [0.25, 0.3) is 12.2 Å². The van der Waals surface area contributed by atoms with Gasteiger partial charge in [-0.25, -0.2) is 0 Å². The molecule has 0 aliphatic heterocycles. The summed E-state index contributed by atoms with van der Waals surface area (Å²) in [6, 6.07) is 9.67. The lowest BCUT2D eigenvalue weighted by molar-refractivity contribution is -0.178. The molecule has 1 unspecified atom stereocenters. The first kappa shape index (κ1) is 48.4. The van der Waals surface area contributed by atoms with Crippen LogP contribution in [-0.4, -0.2) is 66.9 Å². The summed E-state index contributed by atoms with van der Waals surface area (Å²) >= 11 is 0. The Bertz CT molecular complexity index is 2220. The summed E-state index contributed by atoms with van der Waals surface area (Å²) < 4.78 is 28.5. The van der Waals surface area contributed by atoms with E-state index in [1.165, 1.54) is 77.0 Å². The van der Waals surface area contributed by atoms with Crippen molar-refractivity contribution in [3.63, 3.8) is 0 Å². The zero-order chi connectivity index (χ0) is 47.1. The molecule has 0 spiro atoms. The first-order chi connectivity index (χ1) is 30.7. The monoisotopic (exact) mass is 895 g/mol. The van der Waals surface area contributed by atoms with Gasteiger partial charge in [-0.3, -0.25) is 9.59 Å². The first-order valence-corrected chi connectivity index (χ1v) is 23.8. The van der Waals surface area contributed by atoms with Crippen LogP contribution in [0, 0.1) is 50.7 Å². The van der Waals surface area contributed by atoms with Crippen LogP contribution in [0.5, 0.6) is 23.0 Å². The third kappa shape index (κ3) is 9.41. The Morgan fingerprint density at radius 3 is 2.12 bits per heavy atom. The molecule has 10 heteroatoms. The Kier molecular flexibility index (Phi) is 13.9. The normalized spacial score (nSPS) is 33.3. The van der Waals surface area contributed by atoms with Gasteiger partial charge >= 0.3 is 11.9 Å². The number of aromatic hydroxyl groups is 1. The summed E-state index contributed by atoms with van der Waals surface area (Å²) in [5.41, 5.74) is 3.58. The fourth-order valence-electron chi connectivity index (χ4n) is 14.4. The van der Waals surface area contributed by atoms with Gasteiger partial charge in [-0.2, -0.15) is 0 Å². The van der Waals surface area contributed by atoms with Crippen molar-refractivity contribution in [3.8, 4) is 23.0 Å². The molecule has 65 heavy (non-hydrogen) atoms. The second-order valence-corrected chi connectivity index (χ2v) is 21.9. The van der Waals surface area contributed by atoms with Crippen molar-refractivity contribution in [3.05, 3.63) is 83.2 Å². The number of hydrogen-bond donors (Lipinski definition) is 3. The van der Waals surface area contributed by atoms with Crippen molar-refractivity contribution in [1.29, 1.82) is 0 Å². The van der Waals surface area contributed by atoms with Gasteiger partial charge in [-0.05, 0) is 157 Å². The van der Waals surface area contributed by atoms with E-state index in [4.69, 9.17) is 23.7 Å². The average molecular weight is 895 g/mol. The Morgan fingerprint density at radius 2 is 1.40 bits per heavy atom. The number of rotatable bonds is 12. The van der Waals surface area contributed by atoms with Gasteiger partial charge in [0.2, 0.25) is 0 Å². The molecule has 10 atom stereocenters. The van der Waals surface area contributed by atoms with Gasteiger partial charge in [-0.1, -0.05) is 90.5 Å². The first-order valence-electron chi connectivity index (χ1n) is 23.8. The Balaban J connectivity index is 0.946. The van der Waals surface area contributed by atoms with E-state index in [-0.39, 0.29) is 45.4 Å². The van der Waals surface area contributed by atoms with Crippen LogP contribution in [0.2, 0.25) is 0 Å². The summed E-state index contributed by atoms with van der Waals surface area (Å²) in [7, 11) is 4.81. The van der Waals surface area contributed by atoms with E-state index in [1.807, 2.05) is 7.11 Å². The standard InChI is InChI=1S/C55H74O10/c1-51(2)45-23-26-53(5)33-36-15-21-44-52(3,4)48(25-27-54(44,6)39(36)18-22-46(53)55(45,7)28-24-47(51)63-10)65-50(60)32-49(59)64-41-20-14-35(30-43(41)62-9)12-17-38(57)31-37(56)16-11-34-13-19-40(58)42(29-34)61-8/h11-17,19-20,29-31,37,39,44-48,56-58H,18,21-28,32-33H2,1-10H3/b16-11+,17-12+,38-31-/t37?,39-,44-,45-,46-,47-,48+,53-,54+,55-/m0/s1. The van der Waals surface area contributed by atoms with Gasteiger partial charge in [0, 0.05) is 12.5 Å². The van der Waals surface area contributed by atoms with E-state index in [0.29, 0.717) is 57.5 Å². The molecule has 2 aromatic carbocycles. The van der Waals surface area contributed by atoms with Crippen LogP contribution >= 0.6 is 0 Å². The van der Waals surface area contributed by atoms with E-state index >= 15 is 0 Å². The quantitative estimate of drug-likeness (QED) is 0.0471. The highest BCUT2D eigenvalue weighted by Crippen LogP contribution is 2.70. The number of carbonyl (C=O) groups excluding carboxylic acids is 2. The maximum atomic E-state index is 13.5. The van der Waals surface area contributed by atoms with Gasteiger partial charge in [0.15, 0.2) is 23.0 Å². The number of phenolic OH excluding ortho intramolecular Hbond substituents is 1. The van der Waals surface area contributed by atoms with E-state index in [0.717, 1.165) is 25.7 Å². The molecule has 0 bridgehead atoms. The van der Waals surface area contributed by atoms with Crippen LogP contribution in [0.4, 0.5) is 0 Å². The number of aliphatic hydroxyl groups is 2. The molecule has 0 saturated heterocycles. The third-order valence-electron chi connectivity index (χ3n) is 17.5. The number of carbonyl (C=O) groups is 2. The number of methoxy groups -OCH3 is 3. The molecular weight excluding hydrogens is 821 g/mol. The largest absolute Gasteiger partial charge is 0.508 e. The molecule has 354 valence electrons. The topological polar surface area (TPSA) is 141 Å². The predicted molar refractivity (Wildman–Crippen MR) is 253 cm³/mol. The molecule has 0 radical (unpaired) electrons. The molecule has 4 fully saturated rings. The SMILES string of the molecule is COc1cc(/C=C/C(O)/C=C(O)/C=C/c2ccc(OC(=O)CC(=O)O[C@@H]3CC[C@]4(C)[C@H]5CC[C@H]6[C@@](C)(CC[C@H]7C(C)(C)[C@@H](OC)CC[C@@]76C)CC5=CC[C@H]4C3(C)C)c(OC)c2)ccc1O. The minimum Gasteiger partial charge on any atom is -0.508 e. The highest BCUT2D eigenvalue weighted by atomic mass is 16.6. The summed E-state index contributed by atoms with van der Waals surface area (Å²) in [4.78, 5) is 26.6. The fourth-order valence-corrected chi connectivity index (χ4v) is 14.4. The van der Waals surface area contributed by atoms with Crippen molar-refractivity contribution in [2.24, 2.45) is 50.7 Å². The predicted octanol–water partition coefficient (Wildman–Crippen LogP) is 11.6. The van der Waals surface area contributed by atoms with Crippen molar-refractivity contribution < 1.29 is 48.6 Å². The second-order valence-electron chi connectivity index (χ2n) is 21.9. The van der Waals surface area contributed by atoms with Crippen LogP contribution in [0.1, 0.15) is 130 Å². The fraction of sp³-hybridized carbons (Fsp3) is 0.600. The molecule has 0 amide bonds. The van der Waals surface area contributed by atoms with Gasteiger partial charge in [0.1, 0.15) is 18.3 Å². The molecule has 10 nitrogen and oxygen atoms in total. The third-order valence-corrected chi connectivity index (χ3v) is 17.5. The molecule has 7 rings (SSSR count). The lowest BCUT2D eigenvalue weighted by atomic mass is 9.42.